The van der Waals surface area contributed by atoms with E-state index < -0.39 is 5.97 Å². The SMILES string of the molecule is CC(C)(C)[C@H]1CC[C@H](N(Cc2ccc(C(=O)NCCC(=O)O)cc2)C(=O)Nc2ccc(OCC3CC3)cc2)CC1. The summed E-state index contributed by atoms with van der Waals surface area (Å²) in [5.41, 5.74) is 2.37. The predicted octanol–water partition coefficient (Wildman–Crippen LogP) is 6.32. The second kappa shape index (κ2) is 13.2. The van der Waals surface area contributed by atoms with Gasteiger partial charge in [-0.15, -0.1) is 0 Å². The minimum atomic E-state index is -0.955. The summed E-state index contributed by atoms with van der Waals surface area (Å²) in [4.78, 5) is 38.6. The third-order valence-corrected chi connectivity index (χ3v) is 8.10. The maximum Gasteiger partial charge on any atom is 0.322 e. The van der Waals surface area contributed by atoms with E-state index in [1.807, 2.05) is 41.3 Å². The zero-order valence-electron chi connectivity index (χ0n) is 23.9. The molecular weight excluding hydrogens is 506 g/mol. The molecule has 4 rings (SSSR count). The molecule has 0 aromatic heterocycles. The molecule has 0 unspecified atom stereocenters. The lowest BCUT2D eigenvalue weighted by Gasteiger charge is -2.41. The Morgan fingerprint density at radius 1 is 0.925 bits per heavy atom. The fourth-order valence-corrected chi connectivity index (χ4v) is 5.29. The molecule has 8 heteroatoms. The van der Waals surface area contributed by atoms with Gasteiger partial charge in [-0.25, -0.2) is 4.79 Å². The molecule has 0 bridgehead atoms. The quantitative estimate of drug-likeness (QED) is 0.304. The van der Waals surface area contributed by atoms with E-state index in [4.69, 9.17) is 9.84 Å². The van der Waals surface area contributed by atoms with Crippen molar-refractivity contribution in [1.82, 2.24) is 10.2 Å². The normalized spacial score (nSPS) is 19.0. The highest BCUT2D eigenvalue weighted by Crippen LogP contribution is 2.39. The molecule has 216 valence electrons. The van der Waals surface area contributed by atoms with Gasteiger partial charge in [0.15, 0.2) is 0 Å². The number of urea groups is 1. The fraction of sp³-hybridized carbons (Fsp3) is 0.531. The van der Waals surface area contributed by atoms with Gasteiger partial charge in [0.2, 0.25) is 0 Å². The van der Waals surface area contributed by atoms with Crippen molar-refractivity contribution in [3.63, 3.8) is 0 Å². The van der Waals surface area contributed by atoms with E-state index in [-0.39, 0.29) is 36.4 Å². The number of nitrogens with zero attached hydrogens (tertiary/aromatic N) is 1. The van der Waals surface area contributed by atoms with E-state index in [9.17, 15) is 14.4 Å². The molecule has 0 radical (unpaired) electrons. The average molecular weight is 550 g/mol. The molecule has 0 saturated heterocycles. The molecule has 2 fully saturated rings. The average Bonchev–Trinajstić information content (AvgIpc) is 3.76. The number of amides is 3. The Hall–Kier alpha value is -3.55. The van der Waals surface area contributed by atoms with Crippen molar-refractivity contribution >= 4 is 23.6 Å². The van der Waals surface area contributed by atoms with E-state index >= 15 is 0 Å². The number of hydrogen-bond donors (Lipinski definition) is 3. The predicted molar refractivity (Wildman–Crippen MR) is 155 cm³/mol. The first-order valence-electron chi connectivity index (χ1n) is 14.5. The van der Waals surface area contributed by atoms with Crippen LogP contribution in [0.4, 0.5) is 10.5 Å². The van der Waals surface area contributed by atoms with Crippen LogP contribution in [-0.2, 0) is 11.3 Å². The van der Waals surface area contributed by atoms with Gasteiger partial charge in [-0.1, -0.05) is 32.9 Å². The van der Waals surface area contributed by atoms with Gasteiger partial charge in [0, 0.05) is 30.4 Å². The van der Waals surface area contributed by atoms with Gasteiger partial charge < -0.3 is 25.4 Å². The first-order chi connectivity index (χ1) is 19.1. The molecule has 2 aliphatic carbocycles. The molecule has 0 spiro atoms. The van der Waals surface area contributed by atoms with Crippen LogP contribution in [-0.4, -0.2) is 47.1 Å². The molecule has 0 atom stereocenters. The number of benzene rings is 2. The molecule has 0 aliphatic heterocycles. The largest absolute Gasteiger partial charge is 0.493 e. The molecule has 2 aromatic rings. The highest BCUT2D eigenvalue weighted by Gasteiger charge is 2.33. The molecule has 8 nitrogen and oxygen atoms in total. The van der Waals surface area contributed by atoms with Crippen molar-refractivity contribution in [3.8, 4) is 5.75 Å². The monoisotopic (exact) mass is 549 g/mol. The van der Waals surface area contributed by atoms with Gasteiger partial charge in [0.25, 0.3) is 5.91 Å². The fourth-order valence-electron chi connectivity index (χ4n) is 5.29. The number of aliphatic carboxylic acids is 1. The summed E-state index contributed by atoms with van der Waals surface area (Å²) in [6, 6.07) is 14.7. The van der Waals surface area contributed by atoms with Crippen molar-refractivity contribution in [3.05, 3.63) is 59.7 Å². The van der Waals surface area contributed by atoms with Crippen molar-refractivity contribution in [2.75, 3.05) is 18.5 Å². The molecule has 0 heterocycles. The maximum absolute atomic E-state index is 13.6. The molecular formula is C32H43N3O5. The molecule has 2 aromatic carbocycles. The number of ether oxygens (including phenoxy) is 1. The van der Waals surface area contributed by atoms with E-state index in [1.165, 1.54) is 12.8 Å². The van der Waals surface area contributed by atoms with E-state index in [1.54, 1.807) is 12.1 Å². The first kappa shape index (κ1) is 29.4. The summed E-state index contributed by atoms with van der Waals surface area (Å²) >= 11 is 0. The Labute approximate surface area is 237 Å². The van der Waals surface area contributed by atoms with Crippen LogP contribution in [0.25, 0.3) is 0 Å². The van der Waals surface area contributed by atoms with Crippen LogP contribution in [0.5, 0.6) is 5.75 Å². The minimum absolute atomic E-state index is 0.0781. The summed E-state index contributed by atoms with van der Waals surface area (Å²) in [6.45, 7) is 8.13. The second-order valence-electron chi connectivity index (χ2n) is 12.3. The smallest absolute Gasteiger partial charge is 0.322 e. The first-order valence-corrected chi connectivity index (χ1v) is 14.5. The maximum atomic E-state index is 13.6. The van der Waals surface area contributed by atoms with Crippen LogP contribution in [0.15, 0.2) is 48.5 Å². The molecule has 2 saturated carbocycles. The summed E-state index contributed by atoms with van der Waals surface area (Å²) in [5.74, 6) is 0.864. The van der Waals surface area contributed by atoms with Gasteiger partial charge in [-0.2, -0.15) is 0 Å². The molecule has 2 aliphatic rings. The summed E-state index contributed by atoms with van der Waals surface area (Å²) in [6.07, 6.45) is 6.43. The van der Waals surface area contributed by atoms with E-state index in [0.717, 1.165) is 49.3 Å². The van der Waals surface area contributed by atoms with Crippen LogP contribution in [0.2, 0.25) is 0 Å². The Bertz CT molecular complexity index is 1140. The topological polar surface area (TPSA) is 108 Å². The zero-order chi connectivity index (χ0) is 28.7. The number of rotatable bonds is 11. The number of carboxylic acid groups (broad SMARTS) is 1. The molecule has 3 N–H and O–H groups in total. The van der Waals surface area contributed by atoms with Crippen LogP contribution in [0, 0.1) is 17.3 Å². The summed E-state index contributed by atoms with van der Waals surface area (Å²) in [5, 5.41) is 14.5. The highest BCUT2D eigenvalue weighted by atomic mass is 16.5. The van der Waals surface area contributed by atoms with Crippen molar-refractivity contribution in [1.29, 1.82) is 0 Å². The van der Waals surface area contributed by atoms with Crippen LogP contribution in [0.1, 0.15) is 81.6 Å². The van der Waals surface area contributed by atoms with Crippen LogP contribution >= 0.6 is 0 Å². The Morgan fingerprint density at radius 3 is 2.15 bits per heavy atom. The van der Waals surface area contributed by atoms with Gasteiger partial charge in [-0.3, -0.25) is 9.59 Å². The Balaban J connectivity index is 1.41. The summed E-state index contributed by atoms with van der Waals surface area (Å²) in [7, 11) is 0. The van der Waals surface area contributed by atoms with E-state index in [2.05, 4.69) is 31.4 Å². The number of carboxylic acids is 1. The standard InChI is InChI=1S/C32H43N3O5/c1-32(2,3)25-10-14-27(15-11-25)35(20-22-6-8-24(9-7-22)30(38)33-19-18-29(36)37)31(39)34-26-12-16-28(17-13-26)40-21-23-4-5-23/h6-9,12-13,16-17,23,25,27H,4-5,10-11,14-15,18-21H2,1-3H3,(H,33,38)(H,34,39)(H,36,37)/t25-,27-. The van der Waals surface area contributed by atoms with Gasteiger partial charge in [-0.05, 0) is 97.7 Å². The zero-order valence-corrected chi connectivity index (χ0v) is 23.9. The lowest BCUT2D eigenvalue weighted by molar-refractivity contribution is -0.136. The third kappa shape index (κ3) is 8.73. The Kier molecular flexibility index (Phi) is 9.71. The second-order valence-corrected chi connectivity index (χ2v) is 12.3. The minimum Gasteiger partial charge on any atom is -0.493 e. The number of carbonyl (C=O) groups excluding carboxylic acids is 2. The van der Waals surface area contributed by atoms with Crippen LogP contribution in [0.3, 0.4) is 0 Å². The van der Waals surface area contributed by atoms with Crippen molar-refractivity contribution in [2.45, 2.75) is 78.3 Å². The highest BCUT2D eigenvalue weighted by molar-refractivity contribution is 5.94. The number of anilines is 1. The van der Waals surface area contributed by atoms with Crippen molar-refractivity contribution in [2.24, 2.45) is 17.3 Å². The molecule has 40 heavy (non-hydrogen) atoms. The van der Waals surface area contributed by atoms with Gasteiger partial charge >= 0.3 is 12.0 Å². The lowest BCUT2D eigenvalue weighted by Crippen LogP contribution is -2.45. The third-order valence-electron chi connectivity index (χ3n) is 8.10. The van der Waals surface area contributed by atoms with Gasteiger partial charge in [0.1, 0.15) is 5.75 Å². The molecule has 3 amide bonds. The number of hydrogen-bond acceptors (Lipinski definition) is 4. The van der Waals surface area contributed by atoms with Crippen molar-refractivity contribution < 1.29 is 24.2 Å². The number of nitrogens with one attached hydrogen (secondary N) is 2. The lowest BCUT2D eigenvalue weighted by atomic mass is 9.71. The summed E-state index contributed by atoms with van der Waals surface area (Å²) < 4.78 is 5.83. The van der Waals surface area contributed by atoms with E-state index in [0.29, 0.717) is 23.9 Å². The van der Waals surface area contributed by atoms with Crippen LogP contribution < -0.4 is 15.4 Å². The Morgan fingerprint density at radius 2 is 1.57 bits per heavy atom. The number of carbonyl (C=O) groups is 3. The van der Waals surface area contributed by atoms with Gasteiger partial charge in [0.05, 0.1) is 13.0 Å².